The maximum atomic E-state index is 13.0. The van der Waals surface area contributed by atoms with Crippen LogP contribution in [-0.2, 0) is 20.1 Å². The average molecular weight is 352 g/mol. The fourth-order valence-corrected chi connectivity index (χ4v) is 3.19. The van der Waals surface area contributed by atoms with Crippen LogP contribution in [0.1, 0.15) is 16.2 Å². The molecule has 8 nitrogen and oxygen atoms in total. The van der Waals surface area contributed by atoms with Gasteiger partial charge in [-0.15, -0.1) is 0 Å². The van der Waals surface area contributed by atoms with E-state index >= 15 is 0 Å². The molecule has 0 bridgehead atoms. The van der Waals surface area contributed by atoms with Crippen LogP contribution in [0.2, 0.25) is 0 Å². The van der Waals surface area contributed by atoms with E-state index in [0.29, 0.717) is 31.3 Å². The topological polar surface area (TPSA) is 78.1 Å². The molecule has 0 fully saturated rings. The summed E-state index contributed by atoms with van der Waals surface area (Å²) in [5.74, 6) is 0.680. The summed E-state index contributed by atoms with van der Waals surface area (Å²) in [5, 5.41) is 4.10. The number of aryl methyl sites for hydroxylation is 1. The van der Waals surface area contributed by atoms with Crippen molar-refractivity contribution in [1.29, 1.82) is 0 Å². The van der Waals surface area contributed by atoms with Gasteiger partial charge in [-0.1, -0.05) is 6.07 Å². The summed E-state index contributed by atoms with van der Waals surface area (Å²) < 4.78 is 9.52. The van der Waals surface area contributed by atoms with Crippen LogP contribution in [0.25, 0.3) is 0 Å². The maximum absolute atomic E-state index is 13.0. The number of imidazole rings is 1. The number of amides is 1. The van der Waals surface area contributed by atoms with E-state index in [1.807, 2.05) is 29.3 Å². The second-order valence-corrected chi connectivity index (χ2v) is 6.41. The zero-order valence-electron chi connectivity index (χ0n) is 14.5. The summed E-state index contributed by atoms with van der Waals surface area (Å²) in [5.41, 5.74) is 1.59. The van der Waals surface area contributed by atoms with Gasteiger partial charge in [0.05, 0.1) is 25.2 Å². The van der Waals surface area contributed by atoms with Crippen molar-refractivity contribution in [2.75, 3.05) is 13.2 Å². The molecule has 3 aromatic heterocycles. The van der Waals surface area contributed by atoms with Gasteiger partial charge in [0.25, 0.3) is 5.91 Å². The zero-order valence-corrected chi connectivity index (χ0v) is 14.5. The molecule has 1 aliphatic heterocycles. The molecule has 134 valence electrons. The number of ether oxygens (including phenoxy) is 1. The minimum absolute atomic E-state index is 0.0394. The Labute approximate surface area is 151 Å². The van der Waals surface area contributed by atoms with Crippen molar-refractivity contribution in [1.82, 2.24) is 29.2 Å². The molecule has 26 heavy (non-hydrogen) atoms. The van der Waals surface area contributed by atoms with Gasteiger partial charge in [0.15, 0.2) is 0 Å². The fraction of sp³-hybridized carbons (Fsp3) is 0.333. The van der Waals surface area contributed by atoms with E-state index in [1.54, 1.807) is 36.5 Å². The number of rotatable bonds is 4. The first-order valence-corrected chi connectivity index (χ1v) is 8.51. The minimum Gasteiger partial charge on any atom is -0.477 e. The molecule has 0 saturated heterocycles. The molecule has 1 atom stereocenters. The number of aromatic nitrogens is 5. The van der Waals surface area contributed by atoms with Crippen molar-refractivity contribution in [3.63, 3.8) is 0 Å². The lowest BCUT2D eigenvalue weighted by atomic mass is 10.1. The molecule has 0 spiro atoms. The monoisotopic (exact) mass is 352 g/mol. The number of carbonyl (C=O) groups excluding carboxylic acids is 1. The summed E-state index contributed by atoms with van der Waals surface area (Å²) >= 11 is 0. The Morgan fingerprint density at radius 2 is 2.19 bits per heavy atom. The smallest absolute Gasteiger partial charge is 0.272 e. The largest absolute Gasteiger partial charge is 0.477 e. The minimum atomic E-state index is -0.0394. The van der Waals surface area contributed by atoms with E-state index in [4.69, 9.17) is 4.74 Å². The van der Waals surface area contributed by atoms with Crippen molar-refractivity contribution in [2.24, 2.45) is 13.0 Å². The standard InChI is InChI=1S/C18H20N6O2/c1-22-16(5-7-21-22)18(25)23-9-14(10-24-13-19-8-15(24)11-23)12-26-17-4-2-3-6-20-17/h2-8,13-14H,9-12H2,1H3. The van der Waals surface area contributed by atoms with E-state index in [0.717, 1.165) is 12.2 Å². The molecule has 1 unspecified atom stereocenters. The summed E-state index contributed by atoms with van der Waals surface area (Å²) in [7, 11) is 1.77. The molecule has 0 aliphatic carbocycles. The van der Waals surface area contributed by atoms with Crippen LogP contribution in [0.15, 0.2) is 49.2 Å². The Bertz CT molecular complexity index is 888. The van der Waals surface area contributed by atoms with Crippen LogP contribution >= 0.6 is 0 Å². The van der Waals surface area contributed by atoms with Gasteiger partial charge in [-0.2, -0.15) is 5.10 Å². The molecule has 0 radical (unpaired) electrons. The van der Waals surface area contributed by atoms with E-state index in [1.165, 1.54) is 0 Å². The maximum Gasteiger partial charge on any atom is 0.272 e. The van der Waals surface area contributed by atoms with Gasteiger partial charge in [-0.25, -0.2) is 9.97 Å². The van der Waals surface area contributed by atoms with Gasteiger partial charge in [-0.3, -0.25) is 9.48 Å². The Balaban J connectivity index is 1.53. The van der Waals surface area contributed by atoms with Gasteiger partial charge in [0.2, 0.25) is 5.88 Å². The van der Waals surface area contributed by atoms with E-state index < -0.39 is 0 Å². The van der Waals surface area contributed by atoms with Crippen LogP contribution in [0.3, 0.4) is 0 Å². The second kappa shape index (κ2) is 6.99. The van der Waals surface area contributed by atoms with Crippen molar-refractivity contribution in [3.05, 3.63) is 60.6 Å². The predicted molar refractivity (Wildman–Crippen MR) is 93.4 cm³/mol. The molecule has 8 heteroatoms. The molecule has 0 saturated carbocycles. The highest BCUT2D eigenvalue weighted by Crippen LogP contribution is 2.19. The first-order valence-electron chi connectivity index (χ1n) is 8.51. The quantitative estimate of drug-likeness (QED) is 0.708. The zero-order chi connectivity index (χ0) is 17.9. The van der Waals surface area contributed by atoms with Gasteiger partial charge in [-0.05, 0) is 12.1 Å². The number of carbonyl (C=O) groups is 1. The molecule has 1 amide bonds. The second-order valence-electron chi connectivity index (χ2n) is 6.41. The molecule has 0 N–H and O–H groups in total. The number of nitrogens with zero attached hydrogens (tertiary/aromatic N) is 6. The van der Waals surface area contributed by atoms with Crippen LogP contribution in [-0.4, -0.2) is 48.3 Å². The molecular formula is C18H20N6O2. The molecule has 3 aromatic rings. The fourth-order valence-electron chi connectivity index (χ4n) is 3.19. The number of pyridine rings is 1. The van der Waals surface area contributed by atoms with Crippen LogP contribution < -0.4 is 4.74 Å². The van der Waals surface area contributed by atoms with Crippen molar-refractivity contribution in [3.8, 4) is 5.88 Å². The Hall–Kier alpha value is -3.16. The highest BCUT2D eigenvalue weighted by molar-refractivity contribution is 5.92. The van der Waals surface area contributed by atoms with Crippen LogP contribution in [0.4, 0.5) is 0 Å². The Kier molecular flexibility index (Phi) is 4.39. The third kappa shape index (κ3) is 3.30. The summed E-state index contributed by atoms with van der Waals surface area (Å²) in [6, 6.07) is 7.31. The Morgan fingerprint density at radius 3 is 2.96 bits per heavy atom. The normalized spacial score (nSPS) is 16.8. The van der Waals surface area contributed by atoms with Crippen molar-refractivity contribution < 1.29 is 9.53 Å². The van der Waals surface area contributed by atoms with Crippen molar-refractivity contribution >= 4 is 5.91 Å². The van der Waals surface area contributed by atoms with E-state index in [9.17, 15) is 4.79 Å². The lowest BCUT2D eigenvalue weighted by Crippen LogP contribution is -2.36. The number of hydrogen-bond acceptors (Lipinski definition) is 5. The third-order valence-electron chi connectivity index (χ3n) is 4.52. The van der Waals surface area contributed by atoms with Crippen molar-refractivity contribution in [2.45, 2.75) is 13.1 Å². The molecular weight excluding hydrogens is 332 g/mol. The van der Waals surface area contributed by atoms with Crippen LogP contribution in [0, 0.1) is 5.92 Å². The van der Waals surface area contributed by atoms with E-state index in [-0.39, 0.29) is 11.8 Å². The molecule has 4 heterocycles. The predicted octanol–water partition coefficient (Wildman–Crippen LogP) is 1.36. The number of fused-ring (bicyclic) bond motifs is 1. The van der Waals surface area contributed by atoms with Crippen LogP contribution in [0.5, 0.6) is 5.88 Å². The lowest BCUT2D eigenvalue weighted by Gasteiger charge is -2.24. The molecule has 4 rings (SSSR count). The first kappa shape index (κ1) is 16.3. The van der Waals surface area contributed by atoms with Gasteiger partial charge < -0.3 is 14.2 Å². The van der Waals surface area contributed by atoms with E-state index in [2.05, 4.69) is 19.6 Å². The summed E-state index contributed by atoms with van der Waals surface area (Å²) in [4.78, 5) is 23.2. The molecule has 1 aliphatic rings. The van der Waals surface area contributed by atoms with Gasteiger partial charge in [0.1, 0.15) is 5.69 Å². The van der Waals surface area contributed by atoms with Gasteiger partial charge in [0, 0.05) is 50.7 Å². The number of hydrogen-bond donors (Lipinski definition) is 0. The Morgan fingerprint density at radius 1 is 1.27 bits per heavy atom. The average Bonchev–Trinajstić information content (AvgIpc) is 3.24. The summed E-state index contributed by atoms with van der Waals surface area (Å²) in [6.45, 7) is 2.34. The third-order valence-corrected chi connectivity index (χ3v) is 4.52. The summed E-state index contributed by atoms with van der Waals surface area (Å²) in [6.07, 6.45) is 6.96. The highest BCUT2D eigenvalue weighted by Gasteiger charge is 2.27. The molecule has 0 aromatic carbocycles. The SMILES string of the molecule is Cn1nccc1C(=O)N1Cc2cncn2CC(COc2ccccn2)C1. The van der Waals surface area contributed by atoms with Gasteiger partial charge >= 0.3 is 0 Å². The lowest BCUT2D eigenvalue weighted by molar-refractivity contribution is 0.0689. The highest BCUT2D eigenvalue weighted by atomic mass is 16.5. The first-order chi connectivity index (χ1) is 12.7.